The van der Waals surface area contributed by atoms with Crippen LogP contribution in [0.3, 0.4) is 0 Å². The number of nitrogens with one attached hydrogen (secondary N) is 2. The van der Waals surface area contributed by atoms with Crippen LogP contribution in [-0.2, 0) is 4.79 Å². The quantitative estimate of drug-likeness (QED) is 0.409. The molecule has 11 heteroatoms. The number of aromatic nitrogens is 2. The van der Waals surface area contributed by atoms with Gasteiger partial charge < -0.3 is 10.6 Å². The number of non-ortho nitro benzene ring substituents is 1. The van der Waals surface area contributed by atoms with Gasteiger partial charge in [0.2, 0.25) is 11.0 Å². The maximum absolute atomic E-state index is 12.3. The van der Waals surface area contributed by atoms with E-state index < -0.39 is 10.2 Å². The summed E-state index contributed by atoms with van der Waals surface area (Å²) in [6.07, 6.45) is 0. The largest absolute Gasteiger partial charge is 0.358 e. The van der Waals surface area contributed by atoms with E-state index in [1.165, 1.54) is 41.3 Å². The van der Waals surface area contributed by atoms with E-state index in [0.717, 1.165) is 0 Å². The van der Waals surface area contributed by atoms with Crippen molar-refractivity contribution in [2.24, 2.45) is 0 Å². The molecule has 0 fully saturated rings. The third-order valence-corrected chi connectivity index (χ3v) is 5.25. The van der Waals surface area contributed by atoms with Crippen LogP contribution in [-0.4, -0.2) is 32.3 Å². The summed E-state index contributed by atoms with van der Waals surface area (Å²) < 4.78 is 0.649. The molecular formula is C14H16ClN5O3S2. The molecule has 8 nitrogen and oxygen atoms in total. The molecule has 134 valence electrons. The van der Waals surface area contributed by atoms with Gasteiger partial charge in [0.15, 0.2) is 4.34 Å². The Balaban J connectivity index is 2.02. The molecule has 1 aromatic heterocycles. The third-order valence-electron chi connectivity index (χ3n) is 2.88. The summed E-state index contributed by atoms with van der Waals surface area (Å²) in [6.45, 7) is 5.70. The number of hydrogen-bond acceptors (Lipinski definition) is 8. The van der Waals surface area contributed by atoms with Crippen molar-refractivity contribution in [3.8, 4) is 0 Å². The Hall–Kier alpha value is -1.91. The van der Waals surface area contributed by atoms with Gasteiger partial charge >= 0.3 is 0 Å². The zero-order valence-electron chi connectivity index (χ0n) is 13.6. The molecule has 25 heavy (non-hydrogen) atoms. The van der Waals surface area contributed by atoms with Crippen LogP contribution in [0.5, 0.6) is 0 Å². The predicted molar refractivity (Wildman–Crippen MR) is 101 cm³/mol. The number of thioether (sulfide) groups is 1. The molecule has 0 radical (unpaired) electrons. The Morgan fingerprint density at radius 1 is 1.36 bits per heavy atom. The highest BCUT2D eigenvalue weighted by atomic mass is 35.5. The third kappa shape index (κ3) is 5.55. The van der Waals surface area contributed by atoms with Gasteiger partial charge in [0.25, 0.3) is 5.69 Å². The van der Waals surface area contributed by atoms with Crippen LogP contribution in [0.25, 0.3) is 0 Å². The Morgan fingerprint density at radius 3 is 2.72 bits per heavy atom. The van der Waals surface area contributed by atoms with E-state index in [1.54, 1.807) is 6.92 Å². The zero-order valence-corrected chi connectivity index (χ0v) is 16.0. The first-order valence-electron chi connectivity index (χ1n) is 7.27. The predicted octanol–water partition coefficient (Wildman–Crippen LogP) is 4.04. The first kappa shape index (κ1) is 19.4. The van der Waals surface area contributed by atoms with Crippen molar-refractivity contribution in [1.29, 1.82) is 0 Å². The van der Waals surface area contributed by atoms with Crippen molar-refractivity contribution < 1.29 is 9.72 Å². The van der Waals surface area contributed by atoms with Gasteiger partial charge in [-0.25, -0.2) is 0 Å². The highest BCUT2D eigenvalue weighted by Gasteiger charge is 2.19. The molecule has 0 bridgehead atoms. The summed E-state index contributed by atoms with van der Waals surface area (Å²) in [5.41, 5.74) is 0.0567. The molecule has 0 saturated carbocycles. The van der Waals surface area contributed by atoms with E-state index in [4.69, 9.17) is 11.6 Å². The number of amides is 1. The summed E-state index contributed by atoms with van der Waals surface area (Å²) in [7, 11) is 0. The maximum Gasteiger partial charge on any atom is 0.271 e. The van der Waals surface area contributed by atoms with Crippen molar-refractivity contribution in [3.63, 3.8) is 0 Å². The van der Waals surface area contributed by atoms with E-state index in [-0.39, 0.29) is 28.3 Å². The summed E-state index contributed by atoms with van der Waals surface area (Å²) in [5.74, 6) is -0.332. The van der Waals surface area contributed by atoms with Gasteiger partial charge in [-0.3, -0.25) is 14.9 Å². The average Bonchev–Trinajstić information content (AvgIpc) is 2.95. The summed E-state index contributed by atoms with van der Waals surface area (Å²) in [6, 6.07) is 4.12. The summed E-state index contributed by atoms with van der Waals surface area (Å²) in [5, 5.41) is 25.1. The Labute approximate surface area is 157 Å². The minimum absolute atomic E-state index is 0.145. The van der Waals surface area contributed by atoms with Gasteiger partial charge in [-0.1, -0.05) is 34.7 Å². The number of nitro groups is 1. The lowest BCUT2D eigenvalue weighted by atomic mass is 10.2. The lowest BCUT2D eigenvalue weighted by molar-refractivity contribution is -0.384. The fourth-order valence-electron chi connectivity index (χ4n) is 1.72. The molecular weight excluding hydrogens is 386 g/mol. The molecule has 1 aromatic carbocycles. The second-order valence-corrected chi connectivity index (χ2v) is 8.32. The number of halogens is 1. The van der Waals surface area contributed by atoms with Crippen molar-refractivity contribution >= 4 is 57.1 Å². The smallest absolute Gasteiger partial charge is 0.271 e. The van der Waals surface area contributed by atoms with Crippen molar-refractivity contribution in [2.75, 3.05) is 10.6 Å². The van der Waals surface area contributed by atoms with Gasteiger partial charge in [-0.2, -0.15) is 0 Å². The molecule has 1 amide bonds. The lowest BCUT2D eigenvalue weighted by Crippen LogP contribution is -2.22. The lowest BCUT2D eigenvalue weighted by Gasteiger charge is -2.11. The molecule has 0 aliphatic carbocycles. The normalized spacial score (nSPS) is 12.0. The number of carbonyl (C=O) groups is 1. The Bertz CT molecular complexity index is 784. The van der Waals surface area contributed by atoms with Crippen molar-refractivity contribution in [1.82, 2.24) is 10.2 Å². The highest BCUT2D eigenvalue weighted by Crippen LogP contribution is 2.31. The number of benzene rings is 1. The van der Waals surface area contributed by atoms with Crippen LogP contribution < -0.4 is 10.6 Å². The second-order valence-electron chi connectivity index (χ2n) is 5.34. The first-order chi connectivity index (χ1) is 11.8. The molecule has 0 aliphatic heterocycles. The number of hydrogen-bond donors (Lipinski definition) is 2. The van der Waals surface area contributed by atoms with Crippen LogP contribution in [0.4, 0.5) is 16.5 Å². The Morgan fingerprint density at radius 2 is 2.08 bits per heavy atom. The SMILES string of the molecule is CC(C)Nc1nnc(S[C@H](C)C(=O)Nc2cc([N+](=O)[O-])ccc2Cl)s1. The number of rotatable bonds is 7. The van der Waals surface area contributed by atoms with E-state index in [9.17, 15) is 14.9 Å². The second kappa shape index (κ2) is 8.45. The van der Waals surface area contributed by atoms with Gasteiger partial charge in [0.1, 0.15) is 0 Å². The molecule has 2 N–H and O–H groups in total. The van der Waals surface area contributed by atoms with Gasteiger partial charge in [-0.15, -0.1) is 10.2 Å². The van der Waals surface area contributed by atoms with Crippen LogP contribution in [0.15, 0.2) is 22.5 Å². The summed E-state index contributed by atoms with van der Waals surface area (Å²) >= 11 is 8.60. The number of carbonyl (C=O) groups excluding carboxylic acids is 1. The van der Waals surface area contributed by atoms with Crippen LogP contribution in [0.2, 0.25) is 5.02 Å². The topological polar surface area (TPSA) is 110 Å². The van der Waals surface area contributed by atoms with E-state index in [1.807, 2.05) is 13.8 Å². The number of nitrogens with zero attached hydrogens (tertiary/aromatic N) is 3. The number of anilines is 2. The zero-order chi connectivity index (χ0) is 18.6. The molecule has 0 saturated heterocycles. The molecule has 1 heterocycles. The van der Waals surface area contributed by atoms with Gasteiger partial charge in [0, 0.05) is 18.2 Å². The van der Waals surface area contributed by atoms with Crippen LogP contribution in [0.1, 0.15) is 20.8 Å². The summed E-state index contributed by atoms with van der Waals surface area (Å²) in [4.78, 5) is 22.6. The van der Waals surface area contributed by atoms with Gasteiger partial charge in [0.05, 0.1) is 20.9 Å². The fourth-order valence-corrected chi connectivity index (χ4v) is 3.93. The average molecular weight is 402 g/mol. The van der Waals surface area contributed by atoms with Crippen molar-refractivity contribution in [3.05, 3.63) is 33.3 Å². The van der Waals surface area contributed by atoms with E-state index >= 15 is 0 Å². The Kier molecular flexibility index (Phi) is 6.57. The van der Waals surface area contributed by atoms with Crippen molar-refractivity contribution in [2.45, 2.75) is 36.4 Å². The minimum Gasteiger partial charge on any atom is -0.358 e. The molecule has 2 rings (SSSR count). The molecule has 0 aliphatic rings. The monoisotopic (exact) mass is 401 g/mol. The van der Waals surface area contributed by atoms with Gasteiger partial charge in [-0.05, 0) is 26.8 Å². The van der Waals surface area contributed by atoms with Crippen LogP contribution in [0, 0.1) is 10.1 Å². The fraction of sp³-hybridized carbons (Fsp3) is 0.357. The van der Waals surface area contributed by atoms with E-state index in [2.05, 4.69) is 20.8 Å². The first-order valence-corrected chi connectivity index (χ1v) is 9.35. The maximum atomic E-state index is 12.3. The number of nitro benzene ring substituents is 1. The molecule has 0 unspecified atom stereocenters. The molecule has 1 atom stereocenters. The highest BCUT2D eigenvalue weighted by molar-refractivity contribution is 8.02. The van der Waals surface area contributed by atoms with Crippen LogP contribution >= 0.6 is 34.7 Å². The minimum atomic E-state index is -0.547. The standard InChI is InChI=1S/C14H16ClN5O3S2/c1-7(2)16-13-18-19-14(25-13)24-8(3)12(21)17-11-6-9(20(22)23)4-5-10(11)15/h4-8H,1-3H3,(H,16,18)(H,17,21)/t8-/m1/s1. The molecule has 2 aromatic rings. The van der Waals surface area contributed by atoms with E-state index in [0.29, 0.717) is 9.47 Å². The molecule has 0 spiro atoms.